The zero-order valence-electron chi connectivity index (χ0n) is 19.8. The molecule has 1 amide bonds. The number of thiazole rings is 1. The van der Waals surface area contributed by atoms with Crippen molar-refractivity contribution in [1.29, 1.82) is 0 Å². The number of aryl methyl sites for hydroxylation is 3. The normalized spacial score (nSPS) is 17.5. The Bertz CT molecular complexity index is 1510. The van der Waals surface area contributed by atoms with E-state index in [0.717, 1.165) is 21.3 Å². The summed E-state index contributed by atoms with van der Waals surface area (Å²) in [6.07, 6.45) is 0. The number of aromatic nitrogens is 1. The first-order valence-electron chi connectivity index (χ1n) is 11.3. The summed E-state index contributed by atoms with van der Waals surface area (Å²) in [4.78, 5) is 32.8. The Morgan fingerprint density at radius 3 is 2.66 bits per heavy atom. The number of carbonyl (C=O) groups excluding carboxylic acids is 2. The molecular formula is C27H24N2O5S. The van der Waals surface area contributed by atoms with Gasteiger partial charge in [0.15, 0.2) is 5.13 Å². The van der Waals surface area contributed by atoms with Crippen LogP contribution in [0, 0.1) is 20.8 Å². The van der Waals surface area contributed by atoms with Crippen LogP contribution in [0.1, 0.15) is 41.2 Å². The fourth-order valence-corrected chi connectivity index (χ4v) is 5.59. The molecule has 3 heterocycles. The standard InChI is InChI=1S/C27H24N2O5S/c1-5-33-18-8-6-7-17(13-18)24(30)21-23(19-10-9-16(4)34-19)29(26(32)25(21)31)27-28-22-15(3)11-14(2)12-20(22)35-27/h6-13,23,30H,5H2,1-4H3. The zero-order chi connectivity index (χ0) is 24.9. The largest absolute Gasteiger partial charge is 0.507 e. The lowest BCUT2D eigenvalue weighted by molar-refractivity contribution is -0.132. The van der Waals surface area contributed by atoms with Crippen LogP contribution in [0.2, 0.25) is 0 Å². The molecule has 0 bridgehead atoms. The van der Waals surface area contributed by atoms with E-state index in [9.17, 15) is 14.7 Å². The topological polar surface area (TPSA) is 92.9 Å². The van der Waals surface area contributed by atoms with Gasteiger partial charge in [-0.2, -0.15) is 0 Å². The van der Waals surface area contributed by atoms with Gasteiger partial charge in [-0.3, -0.25) is 14.5 Å². The third kappa shape index (κ3) is 3.89. The average molecular weight is 489 g/mol. The molecule has 1 saturated heterocycles. The van der Waals surface area contributed by atoms with Crippen molar-refractivity contribution in [2.24, 2.45) is 0 Å². The van der Waals surface area contributed by atoms with Gasteiger partial charge in [-0.25, -0.2) is 4.98 Å². The Hall–Kier alpha value is -3.91. The molecule has 0 aliphatic carbocycles. The maximum atomic E-state index is 13.4. The molecule has 1 unspecified atom stereocenters. The van der Waals surface area contributed by atoms with Crippen molar-refractivity contribution in [3.05, 3.63) is 82.3 Å². The summed E-state index contributed by atoms with van der Waals surface area (Å²) in [5.41, 5.74) is 3.16. The SMILES string of the molecule is CCOc1cccc(C(O)=C2C(=O)C(=O)N(c3nc4c(C)cc(C)cc4s3)C2c2ccc(C)o2)c1. The zero-order valence-corrected chi connectivity index (χ0v) is 20.6. The number of anilines is 1. The molecule has 4 aromatic rings. The summed E-state index contributed by atoms with van der Waals surface area (Å²) in [6.45, 7) is 8.06. The van der Waals surface area contributed by atoms with Crippen molar-refractivity contribution in [2.45, 2.75) is 33.7 Å². The molecule has 5 rings (SSSR count). The number of hydrogen-bond donors (Lipinski definition) is 1. The van der Waals surface area contributed by atoms with Gasteiger partial charge in [0.25, 0.3) is 5.78 Å². The number of fused-ring (bicyclic) bond motifs is 1. The van der Waals surface area contributed by atoms with Gasteiger partial charge in [0.05, 0.1) is 22.4 Å². The first-order valence-corrected chi connectivity index (χ1v) is 12.1. The molecule has 1 atom stereocenters. The number of hydrogen-bond acceptors (Lipinski definition) is 7. The van der Waals surface area contributed by atoms with Crippen LogP contribution in [-0.2, 0) is 9.59 Å². The van der Waals surface area contributed by atoms with Crippen LogP contribution in [0.4, 0.5) is 5.13 Å². The Morgan fingerprint density at radius 2 is 1.94 bits per heavy atom. The highest BCUT2D eigenvalue weighted by Crippen LogP contribution is 2.45. The summed E-state index contributed by atoms with van der Waals surface area (Å²) in [6, 6.07) is 13.3. The quantitative estimate of drug-likeness (QED) is 0.216. The second kappa shape index (κ2) is 8.70. The number of Topliss-reactive ketones (excluding diaryl/α,β-unsaturated/α-hetero) is 1. The van der Waals surface area contributed by atoms with E-state index in [2.05, 4.69) is 0 Å². The maximum absolute atomic E-state index is 13.4. The van der Waals surface area contributed by atoms with Gasteiger partial charge in [-0.1, -0.05) is 29.5 Å². The fourth-order valence-electron chi connectivity index (χ4n) is 4.42. The molecule has 0 radical (unpaired) electrons. The molecule has 2 aromatic carbocycles. The third-order valence-corrected chi connectivity index (χ3v) is 6.92. The minimum Gasteiger partial charge on any atom is -0.507 e. The summed E-state index contributed by atoms with van der Waals surface area (Å²) >= 11 is 1.33. The molecule has 8 heteroatoms. The lowest BCUT2D eigenvalue weighted by atomic mass is 9.99. The Kier molecular flexibility index (Phi) is 5.68. The van der Waals surface area contributed by atoms with Crippen LogP contribution in [0.3, 0.4) is 0 Å². The molecule has 2 aromatic heterocycles. The molecule has 1 fully saturated rings. The van der Waals surface area contributed by atoms with Crippen LogP contribution in [0.15, 0.2) is 58.5 Å². The molecule has 178 valence electrons. The van der Waals surface area contributed by atoms with E-state index in [4.69, 9.17) is 14.1 Å². The van der Waals surface area contributed by atoms with Crippen molar-refractivity contribution in [3.63, 3.8) is 0 Å². The van der Waals surface area contributed by atoms with Gasteiger partial charge in [-0.05, 0) is 69.2 Å². The van der Waals surface area contributed by atoms with E-state index >= 15 is 0 Å². The average Bonchev–Trinajstić information content (AvgIpc) is 3.50. The number of rotatable bonds is 5. The summed E-state index contributed by atoms with van der Waals surface area (Å²) < 4.78 is 12.3. The van der Waals surface area contributed by atoms with Crippen LogP contribution < -0.4 is 9.64 Å². The smallest absolute Gasteiger partial charge is 0.302 e. The first-order chi connectivity index (χ1) is 16.8. The number of furan rings is 1. The van der Waals surface area contributed by atoms with E-state index in [-0.39, 0.29) is 11.3 Å². The highest BCUT2D eigenvalue weighted by molar-refractivity contribution is 7.22. The number of aliphatic hydroxyl groups excluding tert-OH is 1. The number of carbonyl (C=O) groups is 2. The predicted octanol–water partition coefficient (Wildman–Crippen LogP) is 5.84. The van der Waals surface area contributed by atoms with E-state index in [0.29, 0.717) is 34.6 Å². The number of benzene rings is 2. The predicted molar refractivity (Wildman–Crippen MR) is 135 cm³/mol. The second-order valence-electron chi connectivity index (χ2n) is 8.50. The monoisotopic (exact) mass is 488 g/mol. The Morgan fingerprint density at radius 1 is 1.14 bits per heavy atom. The number of aliphatic hydroxyl groups is 1. The molecule has 0 saturated carbocycles. The number of ether oxygens (including phenoxy) is 1. The molecule has 7 nitrogen and oxygen atoms in total. The molecule has 1 aliphatic heterocycles. The molecule has 1 aliphatic rings. The lowest BCUT2D eigenvalue weighted by Crippen LogP contribution is -2.29. The van der Waals surface area contributed by atoms with Gasteiger partial charge < -0.3 is 14.3 Å². The summed E-state index contributed by atoms with van der Waals surface area (Å²) in [5, 5.41) is 11.7. The van der Waals surface area contributed by atoms with Gasteiger partial charge in [0.2, 0.25) is 0 Å². The first kappa shape index (κ1) is 22.9. The van der Waals surface area contributed by atoms with Crippen molar-refractivity contribution < 1.29 is 23.8 Å². The van der Waals surface area contributed by atoms with Crippen molar-refractivity contribution in [3.8, 4) is 5.75 Å². The van der Waals surface area contributed by atoms with Gasteiger partial charge in [0, 0.05) is 5.56 Å². The van der Waals surface area contributed by atoms with Gasteiger partial charge in [0.1, 0.15) is 29.1 Å². The Balaban J connectivity index is 1.71. The highest BCUT2D eigenvalue weighted by Gasteiger charge is 2.49. The van der Waals surface area contributed by atoms with E-state index in [1.54, 1.807) is 43.3 Å². The number of nitrogens with zero attached hydrogens (tertiary/aromatic N) is 2. The number of amides is 1. The van der Waals surface area contributed by atoms with Crippen LogP contribution in [-0.4, -0.2) is 28.4 Å². The minimum atomic E-state index is -0.957. The third-order valence-electron chi connectivity index (χ3n) is 5.92. The fraction of sp³-hybridized carbons (Fsp3) is 0.222. The highest BCUT2D eigenvalue weighted by atomic mass is 32.1. The van der Waals surface area contributed by atoms with Crippen molar-refractivity contribution >= 4 is 44.1 Å². The van der Waals surface area contributed by atoms with Crippen molar-refractivity contribution in [2.75, 3.05) is 11.5 Å². The molecule has 1 N–H and O–H groups in total. The van der Waals surface area contributed by atoms with Crippen LogP contribution in [0.25, 0.3) is 16.0 Å². The van der Waals surface area contributed by atoms with Gasteiger partial charge in [-0.15, -0.1) is 0 Å². The lowest BCUT2D eigenvalue weighted by Gasteiger charge is -2.20. The maximum Gasteiger partial charge on any atom is 0.302 e. The minimum absolute atomic E-state index is 0.0508. The molecule has 0 spiro atoms. The van der Waals surface area contributed by atoms with Crippen LogP contribution in [0.5, 0.6) is 5.75 Å². The van der Waals surface area contributed by atoms with Crippen LogP contribution >= 0.6 is 11.3 Å². The second-order valence-corrected chi connectivity index (χ2v) is 9.51. The van der Waals surface area contributed by atoms with Gasteiger partial charge >= 0.3 is 5.91 Å². The molecular weight excluding hydrogens is 464 g/mol. The molecule has 35 heavy (non-hydrogen) atoms. The number of ketones is 1. The van der Waals surface area contributed by atoms with E-state index in [1.807, 2.05) is 32.9 Å². The van der Waals surface area contributed by atoms with E-state index < -0.39 is 17.7 Å². The summed E-state index contributed by atoms with van der Waals surface area (Å²) in [7, 11) is 0. The summed E-state index contributed by atoms with van der Waals surface area (Å²) in [5.74, 6) is -0.306. The van der Waals surface area contributed by atoms with E-state index in [1.165, 1.54) is 16.2 Å². The van der Waals surface area contributed by atoms with Crippen molar-refractivity contribution in [1.82, 2.24) is 4.98 Å². The Labute approximate surface area is 206 Å².